The predicted octanol–water partition coefficient (Wildman–Crippen LogP) is 2.35. The highest BCUT2D eigenvalue weighted by Gasteiger charge is 2.55. The highest BCUT2D eigenvalue weighted by atomic mass is 16.2. The van der Waals surface area contributed by atoms with Crippen molar-refractivity contribution in [2.75, 3.05) is 37.6 Å². The van der Waals surface area contributed by atoms with Crippen LogP contribution in [0.5, 0.6) is 0 Å². The average Bonchev–Trinajstić information content (AvgIpc) is 3.29. The second-order valence-electron chi connectivity index (χ2n) is 8.97. The number of carbonyl (C=O) groups is 3. The standard InChI is InChI=1S/C25H28N4O3/c1-17-6-5-9-21(18(17)2)27-12-14-28(15-13-27)22(30)16-29-23(31)25(26-24(29)32)11-10-19-7-3-4-8-20(19)25/h3-9H,10-16H2,1-2H3,(H,26,32). The van der Waals surface area contributed by atoms with Gasteiger partial charge in [-0.05, 0) is 55.0 Å². The first-order valence-electron chi connectivity index (χ1n) is 11.2. The third-order valence-corrected chi connectivity index (χ3v) is 7.26. The molecule has 2 aromatic rings. The second kappa shape index (κ2) is 7.65. The van der Waals surface area contributed by atoms with Crippen LogP contribution in [-0.4, -0.2) is 60.4 Å². The number of nitrogens with zero attached hydrogens (tertiary/aromatic N) is 3. The molecule has 32 heavy (non-hydrogen) atoms. The summed E-state index contributed by atoms with van der Waals surface area (Å²) in [4.78, 5) is 44.1. The molecule has 2 aromatic carbocycles. The molecular formula is C25H28N4O3. The van der Waals surface area contributed by atoms with Crippen LogP contribution < -0.4 is 10.2 Å². The van der Waals surface area contributed by atoms with Crippen molar-refractivity contribution in [2.24, 2.45) is 0 Å². The van der Waals surface area contributed by atoms with Crippen LogP contribution in [0.25, 0.3) is 0 Å². The lowest BCUT2D eigenvalue weighted by Crippen LogP contribution is -2.52. The Labute approximate surface area is 188 Å². The van der Waals surface area contributed by atoms with Gasteiger partial charge in [0.05, 0.1) is 0 Å². The third-order valence-electron chi connectivity index (χ3n) is 7.26. The Morgan fingerprint density at radius 2 is 1.75 bits per heavy atom. The maximum atomic E-state index is 13.3. The van der Waals surface area contributed by atoms with Gasteiger partial charge >= 0.3 is 6.03 Å². The molecule has 3 aliphatic rings. The molecule has 0 bridgehead atoms. The SMILES string of the molecule is Cc1cccc(N2CCN(C(=O)CN3C(=O)NC4(CCc5ccccc54)C3=O)CC2)c1C. The van der Waals surface area contributed by atoms with Crippen LogP contribution in [0.2, 0.25) is 0 Å². The Bertz CT molecular complexity index is 1110. The van der Waals surface area contributed by atoms with Crippen LogP contribution >= 0.6 is 0 Å². The zero-order chi connectivity index (χ0) is 22.5. The molecule has 5 rings (SSSR count). The highest BCUT2D eigenvalue weighted by molar-refractivity contribution is 6.09. The lowest BCUT2D eigenvalue weighted by Gasteiger charge is -2.37. The van der Waals surface area contributed by atoms with Crippen molar-refractivity contribution in [1.82, 2.24) is 15.1 Å². The maximum Gasteiger partial charge on any atom is 0.325 e. The van der Waals surface area contributed by atoms with Gasteiger partial charge in [0.15, 0.2) is 0 Å². The number of fused-ring (bicyclic) bond motifs is 2. The smallest absolute Gasteiger partial charge is 0.325 e. The molecule has 2 heterocycles. The van der Waals surface area contributed by atoms with Gasteiger partial charge in [0.2, 0.25) is 5.91 Å². The number of benzene rings is 2. The fourth-order valence-corrected chi connectivity index (χ4v) is 5.24. The number of aryl methyl sites for hydroxylation is 2. The van der Waals surface area contributed by atoms with E-state index in [2.05, 4.69) is 42.3 Å². The van der Waals surface area contributed by atoms with Gasteiger partial charge in [0, 0.05) is 31.9 Å². The fourth-order valence-electron chi connectivity index (χ4n) is 5.24. The molecule has 0 radical (unpaired) electrons. The number of anilines is 1. The van der Waals surface area contributed by atoms with E-state index in [-0.39, 0.29) is 18.4 Å². The fraction of sp³-hybridized carbons (Fsp3) is 0.400. The van der Waals surface area contributed by atoms with Crippen LogP contribution in [0.4, 0.5) is 10.5 Å². The lowest BCUT2D eigenvalue weighted by molar-refractivity contribution is -0.139. The van der Waals surface area contributed by atoms with Crippen LogP contribution in [0.1, 0.15) is 28.7 Å². The molecule has 4 amide bonds. The van der Waals surface area contributed by atoms with Crippen molar-refractivity contribution in [3.05, 3.63) is 64.7 Å². The van der Waals surface area contributed by atoms with Crippen LogP contribution in [-0.2, 0) is 21.5 Å². The van der Waals surface area contributed by atoms with Crippen molar-refractivity contribution in [3.8, 4) is 0 Å². The molecule has 0 saturated carbocycles. The van der Waals surface area contributed by atoms with Gasteiger partial charge in [-0.1, -0.05) is 36.4 Å². The Balaban J connectivity index is 1.25. The Morgan fingerprint density at radius 3 is 2.53 bits per heavy atom. The summed E-state index contributed by atoms with van der Waals surface area (Å²) < 4.78 is 0. The molecular weight excluding hydrogens is 404 g/mol. The minimum Gasteiger partial charge on any atom is -0.368 e. The monoisotopic (exact) mass is 432 g/mol. The molecule has 1 spiro atoms. The molecule has 1 unspecified atom stereocenters. The summed E-state index contributed by atoms with van der Waals surface area (Å²) >= 11 is 0. The normalized spacial score (nSPS) is 22.5. The van der Waals surface area contributed by atoms with Crippen molar-refractivity contribution < 1.29 is 14.4 Å². The predicted molar refractivity (Wildman–Crippen MR) is 121 cm³/mol. The Kier molecular flexibility index (Phi) is 4.92. The Morgan fingerprint density at radius 1 is 1.00 bits per heavy atom. The lowest BCUT2D eigenvalue weighted by atomic mass is 9.92. The average molecular weight is 433 g/mol. The van der Waals surface area contributed by atoms with E-state index in [4.69, 9.17) is 0 Å². The van der Waals surface area contributed by atoms with Crippen LogP contribution in [0, 0.1) is 13.8 Å². The molecule has 2 aliphatic heterocycles. The van der Waals surface area contributed by atoms with Crippen molar-refractivity contribution in [1.29, 1.82) is 0 Å². The first-order chi connectivity index (χ1) is 15.4. The number of hydrogen-bond acceptors (Lipinski definition) is 4. The van der Waals surface area contributed by atoms with E-state index in [9.17, 15) is 14.4 Å². The topological polar surface area (TPSA) is 73.0 Å². The van der Waals surface area contributed by atoms with Gasteiger partial charge < -0.3 is 15.1 Å². The number of amides is 4. The number of urea groups is 1. The van der Waals surface area contributed by atoms with Gasteiger partial charge in [-0.3, -0.25) is 14.5 Å². The summed E-state index contributed by atoms with van der Waals surface area (Å²) in [5, 5.41) is 2.89. The summed E-state index contributed by atoms with van der Waals surface area (Å²) in [5.74, 6) is -0.493. The molecule has 2 saturated heterocycles. The van der Waals surface area contributed by atoms with E-state index in [1.54, 1.807) is 4.90 Å². The third kappa shape index (κ3) is 3.15. The second-order valence-corrected chi connectivity index (χ2v) is 8.97. The van der Waals surface area contributed by atoms with Gasteiger partial charge in [0.25, 0.3) is 5.91 Å². The van der Waals surface area contributed by atoms with E-state index < -0.39 is 11.6 Å². The van der Waals surface area contributed by atoms with Crippen molar-refractivity contribution >= 4 is 23.5 Å². The van der Waals surface area contributed by atoms with Crippen LogP contribution in [0.15, 0.2) is 42.5 Å². The summed E-state index contributed by atoms with van der Waals surface area (Å²) in [5.41, 5.74) is 4.63. The molecule has 7 nitrogen and oxygen atoms in total. The number of rotatable bonds is 3. The maximum absolute atomic E-state index is 13.3. The number of hydrogen-bond donors (Lipinski definition) is 1. The van der Waals surface area contributed by atoms with Crippen molar-refractivity contribution in [3.63, 3.8) is 0 Å². The summed E-state index contributed by atoms with van der Waals surface area (Å²) in [6.45, 7) is 6.62. The van der Waals surface area contributed by atoms with Gasteiger partial charge in [0.1, 0.15) is 12.1 Å². The Hall–Kier alpha value is -3.35. The van der Waals surface area contributed by atoms with E-state index in [0.29, 0.717) is 19.5 Å². The number of nitrogens with one attached hydrogen (secondary N) is 1. The minimum absolute atomic E-state index is 0.183. The zero-order valence-corrected chi connectivity index (χ0v) is 18.6. The van der Waals surface area contributed by atoms with Crippen molar-refractivity contribution in [2.45, 2.75) is 32.2 Å². The summed E-state index contributed by atoms with van der Waals surface area (Å²) in [6, 6.07) is 13.5. The molecule has 166 valence electrons. The summed E-state index contributed by atoms with van der Waals surface area (Å²) in [7, 11) is 0. The first kappa shape index (κ1) is 20.5. The molecule has 7 heteroatoms. The van der Waals surface area contributed by atoms with Gasteiger partial charge in [-0.25, -0.2) is 4.79 Å². The number of imide groups is 1. The van der Waals surface area contributed by atoms with E-state index in [1.165, 1.54) is 16.8 Å². The number of carbonyl (C=O) groups excluding carboxylic acids is 3. The number of piperazine rings is 1. The molecule has 1 N–H and O–H groups in total. The van der Waals surface area contributed by atoms with E-state index in [0.717, 1.165) is 35.5 Å². The summed E-state index contributed by atoms with van der Waals surface area (Å²) in [6.07, 6.45) is 1.28. The first-order valence-corrected chi connectivity index (χ1v) is 11.2. The molecule has 0 aromatic heterocycles. The molecule has 1 atom stereocenters. The molecule has 1 aliphatic carbocycles. The highest BCUT2D eigenvalue weighted by Crippen LogP contribution is 2.41. The van der Waals surface area contributed by atoms with Gasteiger partial charge in [-0.2, -0.15) is 0 Å². The van der Waals surface area contributed by atoms with Crippen LogP contribution in [0.3, 0.4) is 0 Å². The van der Waals surface area contributed by atoms with E-state index in [1.807, 2.05) is 24.3 Å². The quantitative estimate of drug-likeness (QED) is 0.756. The molecule has 2 fully saturated rings. The van der Waals surface area contributed by atoms with Gasteiger partial charge in [-0.15, -0.1) is 0 Å². The van der Waals surface area contributed by atoms with E-state index >= 15 is 0 Å². The minimum atomic E-state index is -1.02. The zero-order valence-electron chi connectivity index (χ0n) is 18.6. The largest absolute Gasteiger partial charge is 0.368 e.